The molecule has 2 aromatic carbocycles. The maximum absolute atomic E-state index is 13.7. The molecule has 0 fully saturated rings. The van der Waals surface area contributed by atoms with E-state index in [1.54, 1.807) is 10.6 Å². The molecule has 0 spiro atoms. The van der Waals surface area contributed by atoms with Gasteiger partial charge in [0.05, 0.1) is 28.3 Å². The van der Waals surface area contributed by atoms with Crippen LogP contribution in [0.3, 0.4) is 0 Å². The molecule has 160 valence electrons. The van der Waals surface area contributed by atoms with Crippen molar-refractivity contribution >= 4 is 34.1 Å². The van der Waals surface area contributed by atoms with Crippen LogP contribution in [0.15, 0.2) is 53.5 Å². The average molecular weight is 445 g/mol. The lowest BCUT2D eigenvalue weighted by Gasteiger charge is -2.23. The van der Waals surface area contributed by atoms with Crippen LogP contribution in [-0.4, -0.2) is 14.5 Å². The van der Waals surface area contributed by atoms with Gasteiger partial charge in [0, 0.05) is 5.69 Å². The summed E-state index contributed by atoms with van der Waals surface area (Å²) in [4.78, 5) is 21.7. The standard InChI is InChI=1S/C24H21ClN6O/c1-13-7-8-19(14(2)9-13)31-20(10-16-5-4-6-18(25)21(16)23(31)32)15(3)29-22-17(11-26)12-28-24(27)30-22/h4-10,12,15H,1-3H3,(H3,27,28,29,30)/t15-/m0/s1. The Hall–Kier alpha value is -3.89. The van der Waals surface area contributed by atoms with Crippen LogP contribution in [0.5, 0.6) is 0 Å². The number of rotatable bonds is 4. The lowest BCUT2D eigenvalue weighted by Crippen LogP contribution is -2.26. The first-order valence-corrected chi connectivity index (χ1v) is 10.4. The van der Waals surface area contributed by atoms with Gasteiger partial charge < -0.3 is 11.1 Å². The summed E-state index contributed by atoms with van der Waals surface area (Å²) in [5.41, 5.74) is 9.27. The van der Waals surface area contributed by atoms with Crippen molar-refractivity contribution in [1.29, 1.82) is 5.26 Å². The van der Waals surface area contributed by atoms with Crippen LogP contribution in [0, 0.1) is 25.2 Å². The fourth-order valence-corrected chi connectivity index (χ4v) is 4.09. The number of pyridine rings is 1. The number of nitrogen functional groups attached to an aromatic ring is 1. The number of aromatic nitrogens is 3. The highest BCUT2D eigenvalue weighted by atomic mass is 35.5. The zero-order valence-electron chi connectivity index (χ0n) is 17.8. The Morgan fingerprint density at radius 1 is 1.22 bits per heavy atom. The minimum absolute atomic E-state index is 0.0516. The second kappa shape index (κ2) is 8.33. The molecule has 0 radical (unpaired) electrons. The summed E-state index contributed by atoms with van der Waals surface area (Å²) in [6, 6.07) is 14.9. The fourth-order valence-electron chi connectivity index (χ4n) is 3.83. The zero-order valence-corrected chi connectivity index (χ0v) is 18.6. The van der Waals surface area contributed by atoms with E-state index in [0.717, 1.165) is 22.2 Å². The molecular formula is C24H21ClN6O. The second-order valence-electron chi connectivity index (χ2n) is 7.67. The van der Waals surface area contributed by atoms with Gasteiger partial charge in [0.2, 0.25) is 5.95 Å². The summed E-state index contributed by atoms with van der Waals surface area (Å²) >= 11 is 6.41. The predicted octanol–water partition coefficient (Wildman–Crippen LogP) is 4.68. The van der Waals surface area contributed by atoms with E-state index in [1.807, 2.05) is 57.2 Å². The highest BCUT2D eigenvalue weighted by Gasteiger charge is 2.20. The van der Waals surface area contributed by atoms with Crippen LogP contribution < -0.4 is 16.6 Å². The summed E-state index contributed by atoms with van der Waals surface area (Å²) in [7, 11) is 0. The molecule has 4 aromatic rings. The van der Waals surface area contributed by atoms with Gasteiger partial charge in [-0.05, 0) is 49.9 Å². The average Bonchev–Trinajstić information content (AvgIpc) is 2.74. The molecule has 7 nitrogen and oxygen atoms in total. The van der Waals surface area contributed by atoms with E-state index < -0.39 is 6.04 Å². The van der Waals surface area contributed by atoms with Crippen molar-refractivity contribution in [3.05, 3.63) is 86.4 Å². The minimum Gasteiger partial charge on any atom is -0.368 e. The van der Waals surface area contributed by atoms with Gasteiger partial charge in [0.15, 0.2) is 0 Å². The maximum Gasteiger partial charge on any atom is 0.264 e. The first-order chi connectivity index (χ1) is 15.3. The topological polar surface area (TPSA) is 110 Å². The molecule has 2 heterocycles. The van der Waals surface area contributed by atoms with Crippen molar-refractivity contribution in [2.75, 3.05) is 11.1 Å². The summed E-state index contributed by atoms with van der Waals surface area (Å²) in [5, 5.41) is 14.2. The number of halogens is 1. The van der Waals surface area contributed by atoms with Crippen LogP contribution in [0.25, 0.3) is 16.5 Å². The molecule has 3 N–H and O–H groups in total. The molecule has 1 atom stereocenters. The van der Waals surface area contributed by atoms with Gasteiger partial charge in [-0.15, -0.1) is 0 Å². The predicted molar refractivity (Wildman–Crippen MR) is 127 cm³/mol. The molecule has 32 heavy (non-hydrogen) atoms. The lowest BCUT2D eigenvalue weighted by atomic mass is 10.0. The van der Waals surface area contributed by atoms with Gasteiger partial charge in [0.1, 0.15) is 17.5 Å². The molecule has 2 aromatic heterocycles. The van der Waals surface area contributed by atoms with Gasteiger partial charge in [-0.2, -0.15) is 10.2 Å². The maximum atomic E-state index is 13.7. The Labute approximate surface area is 190 Å². The second-order valence-corrected chi connectivity index (χ2v) is 8.08. The van der Waals surface area contributed by atoms with Crippen molar-refractivity contribution in [3.63, 3.8) is 0 Å². The van der Waals surface area contributed by atoms with Gasteiger partial charge in [-0.1, -0.05) is 41.4 Å². The van der Waals surface area contributed by atoms with Crippen molar-refractivity contribution in [2.24, 2.45) is 0 Å². The molecule has 0 amide bonds. The third kappa shape index (κ3) is 3.77. The van der Waals surface area contributed by atoms with Crippen LogP contribution in [-0.2, 0) is 0 Å². The third-order valence-corrected chi connectivity index (χ3v) is 5.66. The van der Waals surface area contributed by atoms with Crippen LogP contribution in [0.2, 0.25) is 5.02 Å². The molecule has 0 unspecified atom stereocenters. The molecule has 0 aliphatic carbocycles. The normalized spacial score (nSPS) is 11.8. The van der Waals surface area contributed by atoms with Gasteiger partial charge in [0.25, 0.3) is 5.56 Å². The van der Waals surface area contributed by atoms with E-state index in [2.05, 4.69) is 21.4 Å². The number of nitriles is 1. The quantitative estimate of drug-likeness (QED) is 0.473. The van der Waals surface area contributed by atoms with Crippen LogP contribution in [0.4, 0.5) is 11.8 Å². The number of nitrogens with one attached hydrogen (secondary N) is 1. The third-order valence-electron chi connectivity index (χ3n) is 5.34. The highest BCUT2D eigenvalue weighted by molar-refractivity contribution is 6.35. The Morgan fingerprint density at radius 3 is 2.72 bits per heavy atom. The summed E-state index contributed by atoms with van der Waals surface area (Å²) in [6.07, 6.45) is 1.37. The first kappa shape index (κ1) is 21.3. The number of nitrogens with two attached hydrogens (primary N) is 1. The Bertz CT molecular complexity index is 1450. The highest BCUT2D eigenvalue weighted by Crippen LogP contribution is 2.28. The first-order valence-electron chi connectivity index (χ1n) is 10.0. The molecule has 0 aliphatic heterocycles. The Kier molecular flexibility index (Phi) is 5.56. The summed E-state index contributed by atoms with van der Waals surface area (Å²) in [6.45, 7) is 5.86. The van der Waals surface area contributed by atoms with Crippen LogP contribution in [0.1, 0.15) is 35.3 Å². The van der Waals surface area contributed by atoms with E-state index in [0.29, 0.717) is 21.9 Å². The molecular weight excluding hydrogens is 424 g/mol. The number of aryl methyl sites for hydroxylation is 2. The van der Waals surface area contributed by atoms with Gasteiger partial charge in [-0.3, -0.25) is 9.36 Å². The number of hydrogen-bond acceptors (Lipinski definition) is 6. The van der Waals surface area contributed by atoms with Crippen molar-refractivity contribution in [3.8, 4) is 11.8 Å². The van der Waals surface area contributed by atoms with Gasteiger partial charge >= 0.3 is 0 Å². The Balaban J connectivity index is 1.97. The largest absolute Gasteiger partial charge is 0.368 e. The molecule has 0 saturated carbocycles. The fraction of sp³-hybridized carbons (Fsp3) is 0.167. The smallest absolute Gasteiger partial charge is 0.264 e. The minimum atomic E-state index is -0.395. The summed E-state index contributed by atoms with van der Waals surface area (Å²) in [5.74, 6) is 0.356. The number of hydrogen-bond donors (Lipinski definition) is 2. The number of benzene rings is 2. The zero-order chi connectivity index (χ0) is 23.0. The number of nitrogens with zero attached hydrogens (tertiary/aromatic N) is 4. The SMILES string of the molecule is Cc1ccc(-n2c([C@H](C)Nc3nc(N)ncc3C#N)cc3cccc(Cl)c3c2=O)c(C)c1. The molecule has 8 heteroatoms. The Morgan fingerprint density at radius 2 is 2.00 bits per heavy atom. The van der Waals surface area contributed by atoms with E-state index in [4.69, 9.17) is 17.3 Å². The number of anilines is 2. The van der Waals surface area contributed by atoms with Crippen LogP contribution >= 0.6 is 11.6 Å². The van der Waals surface area contributed by atoms with E-state index >= 15 is 0 Å². The monoisotopic (exact) mass is 444 g/mol. The van der Waals surface area contributed by atoms with Crippen molar-refractivity contribution in [2.45, 2.75) is 26.8 Å². The van der Waals surface area contributed by atoms with E-state index in [1.165, 1.54) is 6.20 Å². The lowest BCUT2D eigenvalue weighted by molar-refractivity contribution is 0.770. The molecule has 0 saturated heterocycles. The van der Waals surface area contributed by atoms with Crippen molar-refractivity contribution in [1.82, 2.24) is 14.5 Å². The molecule has 0 aliphatic rings. The summed E-state index contributed by atoms with van der Waals surface area (Å²) < 4.78 is 1.66. The van der Waals surface area contributed by atoms with E-state index in [-0.39, 0.29) is 17.1 Å². The van der Waals surface area contributed by atoms with Gasteiger partial charge in [-0.25, -0.2) is 4.98 Å². The number of fused-ring (bicyclic) bond motifs is 1. The molecule has 0 bridgehead atoms. The molecule has 4 rings (SSSR count). The van der Waals surface area contributed by atoms with E-state index in [9.17, 15) is 10.1 Å². The van der Waals surface area contributed by atoms with Crippen molar-refractivity contribution < 1.29 is 0 Å².